The molecule has 0 unspecified atom stereocenters. The summed E-state index contributed by atoms with van der Waals surface area (Å²) >= 11 is 0. The summed E-state index contributed by atoms with van der Waals surface area (Å²) in [5, 5.41) is 22.8. The highest BCUT2D eigenvalue weighted by molar-refractivity contribution is 5.97. The van der Waals surface area contributed by atoms with Crippen LogP contribution in [0.3, 0.4) is 0 Å². The topological polar surface area (TPSA) is 138 Å². The largest absolute Gasteiger partial charge is 0.452 e. The fraction of sp³-hybridized carbons (Fsp3) is 0.350. The van der Waals surface area contributed by atoms with Gasteiger partial charge in [0.1, 0.15) is 5.82 Å². The third kappa shape index (κ3) is 5.66. The second-order valence-corrected chi connectivity index (χ2v) is 6.77. The first-order valence-corrected chi connectivity index (χ1v) is 9.73. The van der Waals surface area contributed by atoms with Crippen LogP contribution in [0.2, 0.25) is 0 Å². The van der Waals surface area contributed by atoms with Crippen LogP contribution in [0, 0.1) is 10.1 Å². The summed E-state index contributed by atoms with van der Waals surface area (Å²) in [7, 11) is 0. The molecule has 11 nitrogen and oxygen atoms in total. The van der Waals surface area contributed by atoms with Crippen molar-refractivity contribution in [2.24, 2.45) is 0 Å². The number of carbonyl (C=O) groups excluding carboxylic acids is 2. The molecule has 2 aromatic rings. The van der Waals surface area contributed by atoms with Crippen LogP contribution in [0.25, 0.3) is 0 Å². The number of anilines is 2. The van der Waals surface area contributed by atoms with Gasteiger partial charge >= 0.3 is 5.97 Å². The van der Waals surface area contributed by atoms with Gasteiger partial charge in [0.15, 0.2) is 6.61 Å². The SMILES string of the molecule is O=C(OCC(=O)N1CCN(c2ccccn2)CC1)c1cc([N+](=O)[O-])ccc1NCCO. The molecule has 2 N–H and O–H groups in total. The second-order valence-electron chi connectivity index (χ2n) is 6.77. The molecule has 1 aromatic carbocycles. The van der Waals surface area contributed by atoms with E-state index in [2.05, 4.69) is 15.2 Å². The van der Waals surface area contributed by atoms with Crippen LogP contribution in [0.4, 0.5) is 17.2 Å². The zero-order valence-corrected chi connectivity index (χ0v) is 16.8. The number of nitro benzene ring substituents is 1. The molecule has 0 atom stereocenters. The van der Waals surface area contributed by atoms with E-state index in [9.17, 15) is 19.7 Å². The molecule has 3 rings (SSSR count). The zero-order valence-electron chi connectivity index (χ0n) is 16.8. The van der Waals surface area contributed by atoms with Crippen molar-refractivity contribution in [1.29, 1.82) is 0 Å². The third-order valence-corrected chi connectivity index (χ3v) is 4.79. The summed E-state index contributed by atoms with van der Waals surface area (Å²) < 4.78 is 5.13. The first kappa shape index (κ1) is 22.0. The van der Waals surface area contributed by atoms with Gasteiger partial charge in [-0.25, -0.2) is 9.78 Å². The number of esters is 1. The van der Waals surface area contributed by atoms with Crippen molar-refractivity contribution in [1.82, 2.24) is 9.88 Å². The highest BCUT2D eigenvalue weighted by Crippen LogP contribution is 2.23. The number of hydrogen-bond donors (Lipinski definition) is 2. The lowest BCUT2D eigenvalue weighted by molar-refractivity contribution is -0.384. The van der Waals surface area contributed by atoms with Crippen molar-refractivity contribution in [3.8, 4) is 0 Å². The minimum atomic E-state index is -0.857. The van der Waals surface area contributed by atoms with Gasteiger partial charge in [0.05, 0.1) is 17.1 Å². The Morgan fingerprint density at radius 1 is 1.19 bits per heavy atom. The van der Waals surface area contributed by atoms with Crippen LogP contribution in [0.15, 0.2) is 42.6 Å². The Labute approximate surface area is 178 Å². The van der Waals surface area contributed by atoms with Crippen LogP contribution < -0.4 is 10.2 Å². The lowest BCUT2D eigenvalue weighted by atomic mass is 10.1. The van der Waals surface area contributed by atoms with E-state index >= 15 is 0 Å². The maximum absolute atomic E-state index is 12.5. The van der Waals surface area contributed by atoms with E-state index in [1.807, 2.05) is 18.2 Å². The predicted molar refractivity (Wildman–Crippen MR) is 112 cm³/mol. The van der Waals surface area contributed by atoms with Crippen LogP contribution in [-0.2, 0) is 9.53 Å². The van der Waals surface area contributed by atoms with E-state index in [0.29, 0.717) is 26.2 Å². The predicted octanol–water partition coefficient (Wildman–Crippen LogP) is 0.900. The van der Waals surface area contributed by atoms with E-state index in [1.165, 1.54) is 12.1 Å². The average molecular weight is 429 g/mol. The minimum absolute atomic E-state index is 0.0737. The van der Waals surface area contributed by atoms with Gasteiger partial charge in [-0.05, 0) is 18.2 Å². The maximum atomic E-state index is 12.5. The van der Waals surface area contributed by atoms with Gasteiger partial charge in [-0.3, -0.25) is 14.9 Å². The Hall–Kier alpha value is -3.73. The van der Waals surface area contributed by atoms with Crippen molar-refractivity contribution in [2.45, 2.75) is 0 Å². The molecule has 1 aliphatic heterocycles. The van der Waals surface area contributed by atoms with Crippen molar-refractivity contribution in [3.63, 3.8) is 0 Å². The van der Waals surface area contributed by atoms with Crippen molar-refractivity contribution in [3.05, 3.63) is 58.3 Å². The molecule has 1 fully saturated rings. The maximum Gasteiger partial charge on any atom is 0.341 e. The molecule has 0 saturated carbocycles. The zero-order chi connectivity index (χ0) is 22.2. The van der Waals surface area contributed by atoms with Crippen molar-refractivity contribution >= 4 is 29.1 Å². The van der Waals surface area contributed by atoms with E-state index in [0.717, 1.165) is 11.9 Å². The summed E-state index contributed by atoms with van der Waals surface area (Å²) in [4.78, 5) is 43.3. The van der Waals surface area contributed by atoms with Crippen molar-refractivity contribution < 1.29 is 24.4 Å². The Kier molecular flexibility index (Phi) is 7.33. The highest BCUT2D eigenvalue weighted by Gasteiger charge is 2.24. The first-order valence-electron chi connectivity index (χ1n) is 9.73. The number of aliphatic hydroxyl groups excluding tert-OH is 1. The number of nitrogens with one attached hydrogen (secondary N) is 1. The number of hydrogen-bond acceptors (Lipinski definition) is 9. The van der Waals surface area contributed by atoms with Gasteiger partial charge in [-0.15, -0.1) is 0 Å². The number of non-ortho nitro benzene ring substituents is 1. The molecular weight excluding hydrogens is 406 g/mol. The molecule has 0 bridgehead atoms. The smallest absolute Gasteiger partial charge is 0.341 e. The average Bonchev–Trinajstić information content (AvgIpc) is 2.81. The molecule has 1 aromatic heterocycles. The normalized spacial score (nSPS) is 13.6. The lowest BCUT2D eigenvalue weighted by Crippen LogP contribution is -2.50. The number of nitro groups is 1. The van der Waals surface area contributed by atoms with E-state index < -0.39 is 17.5 Å². The number of rotatable bonds is 8. The summed E-state index contributed by atoms with van der Waals surface area (Å²) in [6, 6.07) is 9.32. The molecule has 11 heteroatoms. The summed E-state index contributed by atoms with van der Waals surface area (Å²) in [6.07, 6.45) is 1.71. The van der Waals surface area contributed by atoms with Gasteiger partial charge in [0.2, 0.25) is 0 Å². The molecule has 0 aliphatic carbocycles. The number of benzene rings is 1. The van der Waals surface area contributed by atoms with Crippen molar-refractivity contribution in [2.75, 3.05) is 56.2 Å². The molecule has 1 saturated heterocycles. The molecule has 2 heterocycles. The Bertz CT molecular complexity index is 931. The summed E-state index contributed by atoms with van der Waals surface area (Å²) in [6.45, 7) is 1.64. The molecule has 1 amide bonds. The number of pyridine rings is 1. The molecule has 0 radical (unpaired) electrons. The highest BCUT2D eigenvalue weighted by atomic mass is 16.6. The van der Waals surface area contributed by atoms with E-state index in [1.54, 1.807) is 11.1 Å². The quantitative estimate of drug-likeness (QED) is 0.356. The monoisotopic (exact) mass is 429 g/mol. The van der Waals surface area contributed by atoms with E-state index in [-0.39, 0.29) is 36.0 Å². The molecule has 31 heavy (non-hydrogen) atoms. The van der Waals surface area contributed by atoms with Crippen LogP contribution in [-0.4, -0.2) is 77.7 Å². The number of piperazine rings is 1. The number of amides is 1. The fourth-order valence-electron chi connectivity index (χ4n) is 3.18. The van der Waals surface area contributed by atoms with Gasteiger partial charge in [0.25, 0.3) is 11.6 Å². The minimum Gasteiger partial charge on any atom is -0.452 e. The number of aliphatic hydroxyl groups is 1. The van der Waals surface area contributed by atoms with Gasteiger partial charge in [-0.2, -0.15) is 0 Å². The Morgan fingerprint density at radius 2 is 1.97 bits per heavy atom. The third-order valence-electron chi connectivity index (χ3n) is 4.79. The number of carbonyl (C=O) groups is 2. The van der Waals surface area contributed by atoms with Gasteiger partial charge in [0, 0.05) is 56.7 Å². The standard InChI is InChI=1S/C20H23N5O6/c26-12-7-21-17-5-4-15(25(29)30)13-16(17)20(28)31-14-19(27)24-10-8-23(9-11-24)18-3-1-2-6-22-18/h1-6,13,21,26H,7-12,14H2. The first-order chi connectivity index (χ1) is 15.0. The number of ether oxygens (including phenoxy) is 1. The molecular formula is C20H23N5O6. The van der Waals surface area contributed by atoms with Gasteiger partial charge in [-0.1, -0.05) is 6.07 Å². The second kappa shape index (κ2) is 10.3. The van der Waals surface area contributed by atoms with Crippen LogP contribution >= 0.6 is 0 Å². The lowest BCUT2D eigenvalue weighted by Gasteiger charge is -2.35. The Balaban J connectivity index is 1.57. The number of nitrogens with zero attached hydrogens (tertiary/aromatic N) is 4. The van der Waals surface area contributed by atoms with Crippen LogP contribution in [0.5, 0.6) is 0 Å². The molecule has 164 valence electrons. The van der Waals surface area contributed by atoms with Crippen LogP contribution in [0.1, 0.15) is 10.4 Å². The summed E-state index contributed by atoms with van der Waals surface area (Å²) in [5.41, 5.74) is -0.0741. The van der Waals surface area contributed by atoms with Gasteiger partial charge < -0.3 is 25.0 Å². The molecule has 1 aliphatic rings. The summed E-state index contributed by atoms with van der Waals surface area (Å²) in [5.74, 6) is -0.358. The Morgan fingerprint density at radius 3 is 2.61 bits per heavy atom. The molecule has 0 spiro atoms. The van der Waals surface area contributed by atoms with E-state index in [4.69, 9.17) is 9.84 Å². The fourth-order valence-corrected chi connectivity index (χ4v) is 3.18. The number of aromatic nitrogens is 1.